The van der Waals surface area contributed by atoms with Crippen molar-refractivity contribution in [3.8, 4) is 5.75 Å². The van der Waals surface area contributed by atoms with Gasteiger partial charge in [0, 0.05) is 12.7 Å². The predicted octanol–water partition coefficient (Wildman–Crippen LogP) is 1.36. The highest BCUT2D eigenvalue weighted by Crippen LogP contribution is 2.28. The molecule has 0 atom stereocenters. The number of hydrogen-bond donors (Lipinski definition) is 2. The molecule has 0 saturated carbocycles. The van der Waals surface area contributed by atoms with E-state index in [2.05, 4.69) is 10.0 Å². The number of nitrogens with zero attached hydrogens (tertiary/aromatic N) is 2. The van der Waals surface area contributed by atoms with Gasteiger partial charge in [0.25, 0.3) is 0 Å². The Morgan fingerprint density at radius 2 is 1.82 bits per heavy atom. The summed E-state index contributed by atoms with van der Waals surface area (Å²) in [5, 5.41) is 2.67. The number of anilines is 2. The summed E-state index contributed by atoms with van der Waals surface area (Å²) in [5.41, 5.74) is 1.64. The number of sulfonamides is 1. The predicted molar refractivity (Wildman–Crippen MR) is 107 cm³/mol. The van der Waals surface area contributed by atoms with Gasteiger partial charge in [0.2, 0.25) is 15.9 Å². The summed E-state index contributed by atoms with van der Waals surface area (Å²) in [4.78, 5) is 24.9. The van der Waals surface area contributed by atoms with E-state index >= 15 is 0 Å². The van der Waals surface area contributed by atoms with Crippen LogP contribution >= 0.6 is 0 Å². The zero-order valence-corrected chi connectivity index (χ0v) is 16.4. The number of hydrogen-bond acceptors (Lipinski definition) is 5. The van der Waals surface area contributed by atoms with Crippen LogP contribution in [0.15, 0.2) is 47.3 Å². The Kier molecular flexibility index (Phi) is 5.14. The van der Waals surface area contributed by atoms with Gasteiger partial charge >= 0.3 is 5.69 Å². The molecule has 1 amide bonds. The van der Waals surface area contributed by atoms with Gasteiger partial charge < -0.3 is 10.1 Å². The maximum Gasteiger partial charge on any atom is 0.329 e. The number of nitrogens with one attached hydrogen (secondary N) is 2. The first-order valence-corrected chi connectivity index (χ1v) is 10.2. The van der Waals surface area contributed by atoms with Gasteiger partial charge in [0.05, 0.1) is 30.1 Å². The van der Waals surface area contributed by atoms with Crippen LogP contribution in [0.2, 0.25) is 0 Å². The highest BCUT2D eigenvalue weighted by molar-refractivity contribution is 7.92. The molecule has 0 aliphatic carbocycles. The van der Waals surface area contributed by atoms with Crippen molar-refractivity contribution in [3.63, 3.8) is 0 Å². The lowest BCUT2D eigenvalue weighted by atomic mass is 10.2. The Bertz CT molecular complexity index is 1210. The van der Waals surface area contributed by atoms with Crippen LogP contribution in [-0.2, 0) is 28.4 Å². The Hall–Kier alpha value is -3.27. The van der Waals surface area contributed by atoms with Gasteiger partial charge in [-0.25, -0.2) is 13.2 Å². The van der Waals surface area contributed by atoms with E-state index in [1.807, 2.05) is 6.07 Å². The van der Waals surface area contributed by atoms with Crippen LogP contribution in [0.5, 0.6) is 5.75 Å². The second-order valence-electron chi connectivity index (χ2n) is 6.25. The van der Waals surface area contributed by atoms with Crippen molar-refractivity contribution >= 4 is 38.3 Å². The van der Waals surface area contributed by atoms with E-state index in [0.29, 0.717) is 17.0 Å². The molecular weight excluding hydrogens is 384 g/mol. The highest BCUT2D eigenvalue weighted by Gasteiger charge is 2.15. The highest BCUT2D eigenvalue weighted by atomic mass is 32.2. The van der Waals surface area contributed by atoms with Crippen LogP contribution in [0.4, 0.5) is 11.4 Å². The molecule has 1 heterocycles. The number of aromatic nitrogens is 2. The number of carbonyl (C=O) groups excluding carboxylic acids is 1. The molecule has 2 aromatic carbocycles. The maximum atomic E-state index is 12.5. The number of aryl methyl sites for hydroxylation is 1. The number of rotatable bonds is 6. The smallest absolute Gasteiger partial charge is 0.329 e. The van der Waals surface area contributed by atoms with Crippen LogP contribution in [-0.4, -0.2) is 36.8 Å². The van der Waals surface area contributed by atoms with Gasteiger partial charge in [-0.1, -0.05) is 12.1 Å². The first-order chi connectivity index (χ1) is 13.2. The molecule has 10 heteroatoms. The van der Waals surface area contributed by atoms with Gasteiger partial charge in [-0.2, -0.15) is 0 Å². The lowest BCUT2D eigenvalue weighted by Gasteiger charge is -2.12. The third-order valence-electron chi connectivity index (χ3n) is 4.13. The van der Waals surface area contributed by atoms with Gasteiger partial charge in [-0.05, 0) is 30.3 Å². The van der Waals surface area contributed by atoms with Crippen molar-refractivity contribution in [1.82, 2.24) is 9.13 Å². The Labute approximate surface area is 161 Å². The molecule has 0 fully saturated rings. The number of imidazole rings is 1. The third kappa shape index (κ3) is 4.01. The van der Waals surface area contributed by atoms with Crippen molar-refractivity contribution in [2.75, 3.05) is 23.4 Å². The molecule has 0 spiro atoms. The van der Waals surface area contributed by atoms with Crippen molar-refractivity contribution < 1.29 is 17.9 Å². The van der Waals surface area contributed by atoms with Crippen molar-refractivity contribution in [3.05, 3.63) is 52.9 Å². The number of carbonyl (C=O) groups is 1. The minimum absolute atomic E-state index is 0.180. The summed E-state index contributed by atoms with van der Waals surface area (Å²) < 4.78 is 33.3. The normalized spacial score (nSPS) is 11.4. The average molecular weight is 404 g/mol. The Morgan fingerprint density at radius 3 is 2.46 bits per heavy atom. The van der Waals surface area contributed by atoms with Gasteiger partial charge in [-0.15, -0.1) is 0 Å². The number of para-hydroxylation sites is 2. The zero-order valence-electron chi connectivity index (χ0n) is 15.6. The fraction of sp³-hybridized carbons (Fsp3) is 0.222. The topological polar surface area (TPSA) is 111 Å². The quantitative estimate of drug-likeness (QED) is 0.644. The largest absolute Gasteiger partial charge is 0.495 e. The zero-order chi connectivity index (χ0) is 20.5. The molecule has 2 N–H and O–H groups in total. The number of ether oxygens (including phenoxy) is 1. The maximum absolute atomic E-state index is 12.5. The van der Waals surface area contributed by atoms with E-state index in [9.17, 15) is 18.0 Å². The summed E-state index contributed by atoms with van der Waals surface area (Å²) in [7, 11) is -0.466. The summed E-state index contributed by atoms with van der Waals surface area (Å²) in [6.45, 7) is -0.180. The summed E-state index contributed by atoms with van der Waals surface area (Å²) in [5.74, 6) is -0.109. The molecular formula is C18H20N4O5S. The van der Waals surface area contributed by atoms with Crippen LogP contribution in [0.25, 0.3) is 11.0 Å². The van der Waals surface area contributed by atoms with E-state index in [0.717, 1.165) is 11.8 Å². The van der Waals surface area contributed by atoms with Crippen molar-refractivity contribution in [2.45, 2.75) is 6.54 Å². The van der Waals surface area contributed by atoms with Crippen LogP contribution in [0.1, 0.15) is 0 Å². The second-order valence-corrected chi connectivity index (χ2v) is 8.00. The molecule has 3 rings (SSSR count). The Morgan fingerprint density at radius 1 is 1.14 bits per heavy atom. The lowest BCUT2D eigenvalue weighted by Crippen LogP contribution is -2.28. The molecule has 0 unspecified atom stereocenters. The van der Waals surface area contributed by atoms with Crippen molar-refractivity contribution in [1.29, 1.82) is 0 Å². The molecule has 0 bridgehead atoms. The molecule has 148 valence electrons. The number of amides is 1. The Balaban J connectivity index is 1.85. The third-order valence-corrected chi connectivity index (χ3v) is 4.72. The summed E-state index contributed by atoms with van der Waals surface area (Å²) >= 11 is 0. The fourth-order valence-electron chi connectivity index (χ4n) is 2.93. The molecule has 1 aromatic heterocycles. The van der Waals surface area contributed by atoms with E-state index < -0.39 is 15.9 Å². The van der Waals surface area contributed by atoms with E-state index in [1.54, 1.807) is 31.3 Å². The first kappa shape index (κ1) is 19.5. The number of methoxy groups -OCH3 is 1. The monoisotopic (exact) mass is 404 g/mol. The van der Waals surface area contributed by atoms with Gasteiger partial charge in [0.1, 0.15) is 12.3 Å². The molecule has 28 heavy (non-hydrogen) atoms. The first-order valence-electron chi connectivity index (χ1n) is 8.29. The van der Waals surface area contributed by atoms with Crippen LogP contribution in [0.3, 0.4) is 0 Å². The van der Waals surface area contributed by atoms with Gasteiger partial charge in [-0.3, -0.25) is 18.7 Å². The van der Waals surface area contributed by atoms with E-state index in [1.165, 1.54) is 28.4 Å². The van der Waals surface area contributed by atoms with Crippen LogP contribution < -0.4 is 20.5 Å². The number of benzene rings is 2. The molecule has 0 radical (unpaired) electrons. The second kappa shape index (κ2) is 7.39. The molecule has 0 aliphatic heterocycles. The SMILES string of the molecule is COc1ccc(NC(=O)Cn2c(=O)n(C)c3ccccc32)cc1NS(C)(=O)=O. The number of fused-ring (bicyclic) bond motifs is 1. The minimum Gasteiger partial charge on any atom is -0.495 e. The van der Waals surface area contributed by atoms with E-state index in [-0.39, 0.29) is 17.9 Å². The molecule has 3 aromatic rings. The molecule has 0 saturated heterocycles. The summed E-state index contributed by atoms with van der Waals surface area (Å²) in [6, 6.07) is 11.7. The summed E-state index contributed by atoms with van der Waals surface area (Å²) in [6.07, 6.45) is 1.02. The van der Waals surface area contributed by atoms with Crippen molar-refractivity contribution in [2.24, 2.45) is 7.05 Å². The van der Waals surface area contributed by atoms with Gasteiger partial charge in [0.15, 0.2) is 0 Å². The molecule has 0 aliphatic rings. The lowest BCUT2D eigenvalue weighted by molar-refractivity contribution is -0.116. The average Bonchev–Trinajstić information content (AvgIpc) is 2.86. The fourth-order valence-corrected chi connectivity index (χ4v) is 3.48. The minimum atomic E-state index is -3.52. The van der Waals surface area contributed by atoms with Crippen LogP contribution in [0, 0.1) is 0 Å². The van der Waals surface area contributed by atoms with E-state index in [4.69, 9.17) is 4.74 Å². The molecule has 9 nitrogen and oxygen atoms in total. The standard InChI is InChI=1S/C18H20N4O5S/c1-21-14-6-4-5-7-15(14)22(18(21)24)11-17(23)19-12-8-9-16(27-2)13(10-12)20-28(3,25)26/h4-10,20H,11H2,1-3H3,(H,19,23).